The van der Waals surface area contributed by atoms with Gasteiger partial charge in [-0.05, 0) is 23.3 Å². The highest BCUT2D eigenvalue weighted by Gasteiger charge is 2.31. The standard InChI is InChI=1S/C18H19NO3/c1-21-18(20)17-11-16(12-19-17)22-15-9-7-14(8-10-15)13-5-3-2-4-6-13/h2-10,16-17,19H,11-12H2,1H3/t16-,17-/m1/s1. The zero-order valence-electron chi connectivity index (χ0n) is 12.5. The van der Waals surface area contributed by atoms with E-state index in [2.05, 4.69) is 17.4 Å². The maximum absolute atomic E-state index is 11.5. The van der Waals surface area contributed by atoms with Gasteiger partial charge in [-0.2, -0.15) is 0 Å². The van der Waals surface area contributed by atoms with Gasteiger partial charge in [0, 0.05) is 13.0 Å². The maximum atomic E-state index is 11.5. The summed E-state index contributed by atoms with van der Waals surface area (Å²) in [6.07, 6.45) is 0.624. The number of esters is 1. The molecule has 4 nitrogen and oxygen atoms in total. The summed E-state index contributed by atoms with van der Waals surface area (Å²) in [5, 5.41) is 3.12. The molecule has 2 atom stereocenters. The zero-order chi connectivity index (χ0) is 15.4. The van der Waals surface area contributed by atoms with Crippen LogP contribution in [0.15, 0.2) is 54.6 Å². The number of methoxy groups -OCH3 is 1. The normalized spacial score (nSPS) is 20.6. The Balaban J connectivity index is 1.61. The molecule has 1 saturated heterocycles. The molecule has 0 unspecified atom stereocenters. The monoisotopic (exact) mass is 297 g/mol. The van der Waals surface area contributed by atoms with E-state index in [1.165, 1.54) is 12.7 Å². The zero-order valence-corrected chi connectivity index (χ0v) is 12.5. The van der Waals surface area contributed by atoms with E-state index in [1.807, 2.05) is 42.5 Å². The van der Waals surface area contributed by atoms with Crippen LogP contribution in [0, 0.1) is 0 Å². The molecular formula is C18H19NO3. The highest BCUT2D eigenvalue weighted by atomic mass is 16.5. The minimum Gasteiger partial charge on any atom is -0.489 e. The minimum absolute atomic E-state index is 0.00771. The molecule has 22 heavy (non-hydrogen) atoms. The number of hydrogen-bond donors (Lipinski definition) is 1. The van der Waals surface area contributed by atoms with Crippen LogP contribution in [0.3, 0.4) is 0 Å². The Hall–Kier alpha value is -2.33. The summed E-state index contributed by atoms with van der Waals surface area (Å²) in [7, 11) is 1.40. The molecule has 2 aromatic rings. The summed E-state index contributed by atoms with van der Waals surface area (Å²) < 4.78 is 10.7. The second kappa shape index (κ2) is 6.62. The Kier molecular flexibility index (Phi) is 4.39. The van der Waals surface area contributed by atoms with Crippen molar-refractivity contribution < 1.29 is 14.3 Å². The SMILES string of the molecule is COC(=O)[C@H]1C[C@@H](Oc2ccc(-c3ccccc3)cc2)CN1. The van der Waals surface area contributed by atoms with Gasteiger partial charge in [-0.1, -0.05) is 42.5 Å². The Labute approximate surface area is 130 Å². The van der Waals surface area contributed by atoms with Crippen LogP contribution >= 0.6 is 0 Å². The number of nitrogens with one attached hydrogen (secondary N) is 1. The third-order valence-corrected chi connectivity index (χ3v) is 3.84. The second-order valence-electron chi connectivity index (χ2n) is 5.35. The first-order chi connectivity index (χ1) is 10.8. The van der Waals surface area contributed by atoms with Crippen LogP contribution in [0.5, 0.6) is 5.75 Å². The summed E-state index contributed by atoms with van der Waals surface area (Å²) in [6, 6.07) is 18.0. The van der Waals surface area contributed by atoms with Crippen molar-refractivity contribution in [3.63, 3.8) is 0 Å². The lowest BCUT2D eigenvalue weighted by molar-refractivity contribution is -0.142. The van der Waals surface area contributed by atoms with Crippen molar-refractivity contribution in [2.75, 3.05) is 13.7 Å². The fourth-order valence-corrected chi connectivity index (χ4v) is 2.66. The van der Waals surface area contributed by atoms with Crippen LogP contribution in [-0.4, -0.2) is 31.8 Å². The van der Waals surface area contributed by atoms with Gasteiger partial charge in [-0.3, -0.25) is 4.79 Å². The first-order valence-corrected chi connectivity index (χ1v) is 7.39. The fraction of sp³-hybridized carbons (Fsp3) is 0.278. The molecule has 3 rings (SSSR count). The van der Waals surface area contributed by atoms with E-state index < -0.39 is 0 Å². The molecule has 1 N–H and O–H groups in total. The predicted molar refractivity (Wildman–Crippen MR) is 84.7 cm³/mol. The van der Waals surface area contributed by atoms with Crippen molar-refractivity contribution in [3.8, 4) is 16.9 Å². The molecule has 1 heterocycles. The molecule has 1 aliphatic rings. The lowest BCUT2D eigenvalue weighted by Crippen LogP contribution is -2.31. The van der Waals surface area contributed by atoms with Gasteiger partial charge in [-0.15, -0.1) is 0 Å². The molecule has 0 radical (unpaired) electrons. The number of ether oxygens (including phenoxy) is 2. The highest BCUT2D eigenvalue weighted by Crippen LogP contribution is 2.24. The average molecular weight is 297 g/mol. The summed E-state index contributed by atoms with van der Waals surface area (Å²) in [6.45, 7) is 0.653. The Morgan fingerprint density at radius 2 is 1.73 bits per heavy atom. The Morgan fingerprint density at radius 1 is 1.05 bits per heavy atom. The highest BCUT2D eigenvalue weighted by molar-refractivity contribution is 5.76. The van der Waals surface area contributed by atoms with Gasteiger partial charge in [-0.25, -0.2) is 0 Å². The van der Waals surface area contributed by atoms with Gasteiger partial charge in [0.2, 0.25) is 0 Å². The molecule has 0 amide bonds. The summed E-state index contributed by atoms with van der Waals surface area (Å²) in [5.41, 5.74) is 2.34. The molecule has 0 saturated carbocycles. The van der Waals surface area contributed by atoms with Gasteiger partial charge < -0.3 is 14.8 Å². The van der Waals surface area contributed by atoms with Crippen molar-refractivity contribution in [1.82, 2.24) is 5.32 Å². The van der Waals surface area contributed by atoms with Crippen molar-refractivity contribution in [2.24, 2.45) is 0 Å². The van der Waals surface area contributed by atoms with Crippen LogP contribution in [0.25, 0.3) is 11.1 Å². The first-order valence-electron chi connectivity index (χ1n) is 7.39. The lowest BCUT2D eigenvalue weighted by Gasteiger charge is -2.13. The molecule has 2 aromatic carbocycles. The topological polar surface area (TPSA) is 47.6 Å². The van der Waals surface area contributed by atoms with Gasteiger partial charge in [0.15, 0.2) is 0 Å². The van der Waals surface area contributed by atoms with E-state index >= 15 is 0 Å². The fourth-order valence-electron chi connectivity index (χ4n) is 2.66. The molecule has 4 heteroatoms. The van der Waals surface area contributed by atoms with Crippen molar-refractivity contribution in [2.45, 2.75) is 18.6 Å². The Bertz CT molecular complexity index is 625. The van der Waals surface area contributed by atoms with E-state index in [4.69, 9.17) is 9.47 Å². The lowest BCUT2D eigenvalue weighted by atomic mass is 10.1. The van der Waals surface area contributed by atoms with Crippen molar-refractivity contribution in [1.29, 1.82) is 0 Å². The smallest absolute Gasteiger partial charge is 0.323 e. The van der Waals surface area contributed by atoms with Crippen LogP contribution < -0.4 is 10.1 Å². The molecule has 0 aliphatic carbocycles. The molecule has 114 valence electrons. The van der Waals surface area contributed by atoms with Gasteiger partial charge in [0.05, 0.1) is 7.11 Å². The number of carbonyl (C=O) groups is 1. The van der Waals surface area contributed by atoms with Crippen LogP contribution in [0.1, 0.15) is 6.42 Å². The molecule has 0 spiro atoms. The number of rotatable bonds is 4. The van der Waals surface area contributed by atoms with Crippen LogP contribution in [0.2, 0.25) is 0 Å². The van der Waals surface area contributed by atoms with E-state index in [9.17, 15) is 4.79 Å². The number of hydrogen-bond acceptors (Lipinski definition) is 4. The summed E-state index contributed by atoms with van der Waals surface area (Å²) >= 11 is 0. The van der Waals surface area contributed by atoms with Gasteiger partial charge in [0.25, 0.3) is 0 Å². The molecule has 1 fully saturated rings. The summed E-state index contributed by atoms with van der Waals surface area (Å²) in [5.74, 6) is 0.586. The maximum Gasteiger partial charge on any atom is 0.323 e. The minimum atomic E-state index is -0.265. The van der Waals surface area contributed by atoms with E-state index in [1.54, 1.807) is 0 Å². The molecule has 0 aromatic heterocycles. The van der Waals surface area contributed by atoms with Crippen LogP contribution in [-0.2, 0) is 9.53 Å². The number of carbonyl (C=O) groups excluding carboxylic acids is 1. The van der Waals surface area contributed by atoms with E-state index in [-0.39, 0.29) is 18.1 Å². The molecule has 0 bridgehead atoms. The summed E-state index contributed by atoms with van der Waals surface area (Å²) in [4.78, 5) is 11.5. The van der Waals surface area contributed by atoms with E-state index in [0.29, 0.717) is 13.0 Å². The third-order valence-electron chi connectivity index (χ3n) is 3.84. The molecular weight excluding hydrogens is 278 g/mol. The third kappa shape index (κ3) is 3.28. The first kappa shape index (κ1) is 14.6. The quantitative estimate of drug-likeness (QED) is 0.881. The van der Waals surface area contributed by atoms with Crippen LogP contribution in [0.4, 0.5) is 0 Å². The molecule has 1 aliphatic heterocycles. The predicted octanol–water partition coefficient (Wildman–Crippen LogP) is 2.64. The van der Waals surface area contributed by atoms with Crippen molar-refractivity contribution in [3.05, 3.63) is 54.6 Å². The van der Waals surface area contributed by atoms with Gasteiger partial charge >= 0.3 is 5.97 Å². The van der Waals surface area contributed by atoms with Crippen molar-refractivity contribution >= 4 is 5.97 Å². The van der Waals surface area contributed by atoms with E-state index in [0.717, 1.165) is 11.3 Å². The average Bonchev–Trinajstić information content (AvgIpc) is 3.04. The Morgan fingerprint density at radius 3 is 2.41 bits per heavy atom. The largest absolute Gasteiger partial charge is 0.489 e. The van der Waals surface area contributed by atoms with Gasteiger partial charge in [0.1, 0.15) is 17.9 Å². The second-order valence-corrected chi connectivity index (χ2v) is 5.35. The number of benzene rings is 2.